The van der Waals surface area contributed by atoms with Gasteiger partial charge in [0.25, 0.3) is 0 Å². The highest BCUT2D eigenvalue weighted by molar-refractivity contribution is 7.95. The fourth-order valence-electron chi connectivity index (χ4n) is 1.62. The number of hydrogen-bond donors (Lipinski definition) is 1. The van der Waals surface area contributed by atoms with Gasteiger partial charge in [-0.15, -0.1) is 0 Å². The first-order chi connectivity index (χ1) is 6.92. The maximum absolute atomic E-state index is 13.0. The van der Waals surface area contributed by atoms with Crippen LogP contribution in [0.25, 0.3) is 5.57 Å². The van der Waals surface area contributed by atoms with Crippen molar-refractivity contribution in [2.45, 2.75) is 17.9 Å². The van der Waals surface area contributed by atoms with Crippen LogP contribution in [0.5, 0.6) is 0 Å². The SMILES string of the molecule is CC(N)C1=CS(=O)(=O)c2ccc(F)cc21. The summed E-state index contributed by atoms with van der Waals surface area (Å²) in [6.45, 7) is 1.67. The Kier molecular flexibility index (Phi) is 2.17. The maximum atomic E-state index is 13.0. The minimum Gasteiger partial charge on any atom is -0.324 e. The number of hydrogen-bond acceptors (Lipinski definition) is 3. The summed E-state index contributed by atoms with van der Waals surface area (Å²) in [5.41, 5.74) is 6.47. The summed E-state index contributed by atoms with van der Waals surface area (Å²) in [7, 11) is -3.43. The normalized spacial score (nSPS) is 19.5. The van der Waals surface area contributed by atoms with E-state index in [0.717, 1.165) is 11.5 Å². The van der Waals surface area contributed by atoms with Gasteiger partial charge in [-0.05, 0) is 30.7 Å². The first kappa shape index (κ1) is 10.3. The summed E-state index contributed by atoms with van der Waals surface area (Å²) in [5, 5.41) is 1.11. The average Bonchev–Trinajstić information content (AvgIpc) is 2.38. The summed E-state index contributed by atoms with van der Waals surface area (Å²) in [6, 6.07) is 3.18. The van der Waals surface area contributed by atoms with Crippen LogP contribution in [0.15, 0.2) is 28.5 Å². The Morgan fingerprint density at radius 1 is 1.40 bits per heavy atom. The average molecular weight is 227 g/mol. The zero-order chi connectivity index (χ0) is 11.2. The largest absolute Gasteiger partial charge is 0.324 e. The molecule has 2 N–H and O–H groups in total. The second kappa shape index (κ2) is 3.15. The van der Waals surface area contributed by atoms with Crippen LogP contribution in [0, 0.1) is 5.82 Å². The summed E-state index contributed by atoms with van der Waals surface area (Å²) >= 11 is 0. The van der Waals surface area contributed by atoms with Crippen molar-refractivity contribution in [1.82, 2.24) is 0 Å². The quantitative estimate of drug-likeness (QED) is 0.736. The van der Waals surface area contributed by atoms with Crippen molar-refractivity contribution in [1.29, 1.82) is 0 Å². The number of fused-ring (bicyclic) bond motifs is 1. The van der Waals surface area contributed by atoms with Crippen molar-refractivity contribution in [3.8, 4) is 0 Å². The number of halogens is 1. The number of benzene rings is 1. The van der Waals surface area contributed by atoms with E-state index in [0.29, 0.717) is 11.1 Å². The van der Waals surface area contributed by atoms with E-state index in [9.17, 15) is 12.8 Å². The molecule has 1 heterocycles. The first-order valence-electron chi connectivity index (χ1n) is 4.44. The second-order valence-electron chi connectivity index (χ2n) is 3.55. The number of sulfone groups is 1. The van der Waals surface area contributed by atoms with Crippen molar-refractivity contribution >= 4 is 15.4 Å². The van der Waals surface area contributed by atoms with Crippen LogP contribution < -0.4 is 5.73 Å². The van der Waals surface area contributed by atoms with Gasteiger partial charge >= 0.3 is 0 Å². The summed E-state index contributed by atoms with van der Waals surface area (Å²) in [5.74, 6) is -0.461. The van der Waals surface area contributed by atoms with E-state index in [1.165, 1.54) is 12.1 Å². The van der Waals surface area contributed by atoms with Gasteiger partial charge in [0, 0.05) is 17.0 Å². The predicted octanol–water partition coefficient (Wildman–Crippen LogP) is 1.30. The molecule has 80 valence electrons. The lowest BCUT2D eigenvalue weighted by Gasteiger charge is -2.07. The van der Waals surface area contributed by atoms with Gasteiger partial charge in [0.1, 0.15) is 5.82 Å². The van der Waals surface area contributed by atoms with E-state index < -0.39 is 21.7 Å². The van der Waals surface area contributed by atoms with Crippen LogP contribution in [-0.2, 0) is 9.84 Å². The first-order valence-corrected chi connectivity index (χ1v) is 5.98. The molecular formula is C10H10FNO2S. The molecule has 0 radical (unpaired) electrons. The van der Waals surface area contributed by atoms with Crippen molar-refractivity contribution in [2.75, 3.05) is 0 Å². The zero-order valence-corrected chi connectivity index (χ0v) is 8.88. The van der Waals surface area contributed by atoms with Crippen LogP contribution in [-0.4, -0.2) is 14.5 Å². The third-order valence-corrected chi connectivity index (χ3v) is 3.87. The molecule has 0 aliphatic carbocycles. The lowest BCUT2D eigenvalue weighted by atomic mass is 10.0. The molecule has 1 atom stereocenters. The molecule has 1 aliphatic rings. The highest BCUT2D eigenvalue weighted by Gasteiger charge is 2.28. The molecule has 1 aromatic rings. The highest BCUT2D eigenvalue weighted by atomic mass is 32.2. The van der Waals surface area contributed by atoms with E-state index in [1.54, 1.807) is 6.92 Å². The summed E-state index contributed by atoms with van der Waals surface area (Å²) < 4.78 is 36.2. The van der Waals surface area contributed by atoms with Gasteiger partial charge < -0.3 is 5.73 Å². The molecule has 0 saturated heterocycles. The van der Waals surface area contributed by atoms with Crippen molar-refractivity contribution < 1.29 is 12.8 Å². The molecule has 0 saturated carbocycles. The van der Waals surface area contributed by atoms with Crippen LogP contribution in [0.4, 0.5) is 4.39 Å². The van der Waals surface area contributed by atoms with Crippen molar-refractivity contribution in [3.05, 3.63) is 35.0 Å². The summed E-state index contributed by atoms with van der Waals surface area (Å²) in [6.07, 6.45) is 0. The lowest BCUT2D eigenvalue weighted by Crippen LogP contribution is -2.16. The van der Waals surface area contributed by atoms with Gasteiger partial charge in [0.2, 0.25) is 9.84 Å². The standard InChI is InChI=1S/C10H10FNO2S/c1-6(12)9-5-15(13,14)10-3-2-7(11)4-8(9)10/h2-6H,12H2,1H3. The molecule has 15 heavy (non-hydrogen) atoms. The number of nitrogens with two attached hydrogens (primary N) is 1. The van der Waals surface area contributed by atoms with Crippen LogP contribution in [0.1, 0.15) is 12.5 Å². The Hall–Kier alpha value is -1.20. The third-order valence-electron chi connectivity index (χ3n) is 2.33. The fraction of sp³-hybridized carbons (Fsp3) is 0.200. The Morgan fingerprint density at radius 2 is 2.07 bits per heavy atom. The molecule has 3 nitrogen and oxygen atoms in total. The molecule has 1 unspecified atom stereocenters. The van der Waals surface area contributed by atoms with E-state index in [-0.39, 0.29) is 4.90 Å². The van der Waals surface area contributed by atoms with Gasteiger partial charge in [0.05, 0.1) is 4.90 Å². The van der Waals surface area contributed by atoms with E-state index in [2.05, 4.69) is 0 Å². The van der Waals surface area contributed by atoms with Gasteiger partial charge in [-0.2, -0.15) is 0 Å². The van der Waals surface area contributed by atoms with Gasteiger partial charge in [0.15, 0.2) is 0 Å². The second-order valence-corrected chi connectivity index (χ2v) is 5.31. The molecular weight excluding hydrogens is 217 g/mol. The molecule has 0 amide bonds. The van der Waals surface area contributed by atoms with E-state index in [4.69, 9.17) is 5.73 Å². The van der Waals surface area contributed by atoms with Crippen LogP contribution in [0.3, 0.4) is 0 Å². The fourth-order valence-corrected chi connectivity index (χ4v) is 3.17. The molecule has 5 heteroatoms. The smallest absolute Gasteiger partial charge is 0.200 e. The Balaban J connectivity index is 2.74. The van der Waals surface area contributed by atoms with E-state index in [1.807, 2.05) is 0 Å². The van der Waals surface area contributed by atoms with E-state index >= 15 is 0 Å². The van der Waals surface area contributed by atoms with Gasteiger partial charge in [-0.1, -0.05) is 0 Å². The van der Waals surface area contributed by atoms with Crippen molar-refractivity contribution in [3.63, 3.8) is 0 Å². The minimum atomic E-state index is -3.43. The third kappa shape index (κ3) is 1.57. The lowest BCUT2D eigenvalue weighted by molar-refractivity contribution is 0.604. The topological polar surface area (TPSA) is 60.2 Å². The van der Waals surface area contributed by atoms with Gasteiger partial charge in [-0.25, -0.2) is 12.8 Å². The Morgan fingerprint density at radius 3 is 2.67 bits per heavy atom. The van der Waals surface area contributed by atoms with Gasteiger partial charge in [-0.3, -0.25) is 0 Å². The molecule has 0 fully saturated rings. The number of rotatable bonds is 1. The van der Waals surface area contributed by atoms with Crippen molar-refractivity contribution in [2.24, 2.45) is 5.73 Å². The molecule has 0 spiro atoms. The molecule has 1 aliphatic heterocycles. The molecule has 1 aromatic carbocycles. The Bertz CT molecular complexity index is 547. The minimum absolute atomic E-state index is 0.135. The molecule has 0 bridgehead atoms. The van der Waals surface area contributed by atoms with Crippen LogP contribution >= 0.6 is 0 Å². The summed E-state index contributed by atoms with van der Waals surface area (Å²) in [4.78, 5) is 0.135. The molecule has 0 aromatic heterocycles. The monoisotopic (exact) mass is 227 g/mol. The maximum Gasteiger partial charge on any atom is 0.200 e. The predicted molar refractivity (Wildman–Crippen MR) is 55.2 cm³/mol. The molecule has 2 rings (SSSR count). The van der Waals surface area contributed by atoms with Crippen LogP contribution in [0.2, 0.25) is 0 Å². The zero-order valence-electron chi connectivity index (χ0n) is 8.07. The highest BCUT2D eigenvalue weighted by Crippen LogP contribution is 2.34. The Labute approximate surface area is 87.3 Å².